The molecule has 0 saturated heterocycles. The van der Waals surface area contributed by atoms with Gasteiger partial charge in [-0.2, -0.15) is 8.78 Å². The maximum absolute atomic E-state index is 12.6. The maximum atomic E-state index is 12.6. The molecular formula is C23H25F2N3O3. The van der Waals surface area contributed by atoms with E-state index in [1.807, 2.05) is 30.3 Å². The molecule has 1 amide bonds. The average Bonchev–Trinajstić information content (AvgIpc) is 2.73. The topological polar surface area (TPSA) is 63.7 Å². The first-order chi connectivity index (χ1) is 15.0. The van der Waals surface area contributed by atoms with Crippen molar-refractivity contribution < 1.29 is 23.0 Å². The Balaban J connectivity index is 1.50. The van der Waals surface area contributed by atoms with E-state index in [1.165, 1.54) is 13.2 Å². The molecule has 31 heavy (non-hydrogen) atoms. The van der Waals surface area contributed by atoms with Crippen molar-refractivity contribution in [3.05, 3.63) is 65.9 Å². The number of carbonyl (C=O) groups excluding carboxylic acids is 1. The summed E-state index contributed by atoms with van der Waals surface area (Å²) in [6.07, 6.45) is 2.44. The van der Waals surface area contributed by atoms with Crippen molar-refractivity contribution in [1.82, 2.24) is 15.2 Å². The fraction of sp³-hybridized carbons (Fsp3) is 0.304. The predicted molar refractivity (Wildman–Crippen MR) is 114 cm³/mol. The van der Waals surface area contributed by atoms with Crippen LogP contribution in [0.25, 0.3) is 10.9 Å². The highest BCUT2D eigenvalue weighted by atomic mass is 19.3. The van der Waals surface area contributed by atoms with Crippen LogP contribution in [0.5, 0.6) is 11.5 Å². The number of likely N-dealkylation sites (N-methyl/N-ethyl adjacent to an activating group) is 1. The Bertz CT molecular complexity index is 1020. The average molecular weight is 429 g/mol. The van der Waals surface area contributed by atoms with Gasteiger partial charge >= 0.3 is 6.61 Å². The highest BCUT2D eigenvalue weighted by molar-refractivity contribution is 5.82. The summed E-state index contributed by atoms with van der Waals surface area (Å²) < 4.78 is 34.7. The van der Waals surface area contributed by atoms with Crippen LogP contribution >= 0.6 is 0 Å². The lowest BCUT2D eigenvalue weighted by atomic mass is 10.1. The summed E-state index contributed by atoms with van der Waals surface area (Å²) in [6.45, 7) is -1.88. The van der Waals surface area contributed by atoms with Gasteiger partial charge in [-0.15, -0.1) is 0 Å². The molecule has 0 aliphatic rings. The van der Waals surface area contributed by atoms with E-state index in [1.54, 1.807) is 30.3 Å². The Morgan fingerprint density at radius 3 is 2.74 bits per heavy atom. The fourth-order valence-corrected chi connectivity index (χ4v) is 3.38. The molecule has 0 radical (unpaired) electrons. The number of pyridine rings is 1. The van der Waals surface area contributed by atoms with Crippen molar-refractivity contribution in [2.75, 3.05) is 27.2 Å². The summed E-state index contributed by atoms with van der Waals surface area (Å²) in [5.74, 6) is 0.0807. The van der Waals surface area contributed by atoms with E-state index in [9.17, 15) is 13.6 Å². The number of hydrogen-bond donors (Lipinski definition) is 1. The van der Waals surface area contributed by atoms with Crippen LogP contribution in [0.1, 0.15) is 11.1 Å². The van der Waals surface area contributed by atoms with Crippen molar-refractivity contribution in [2.45, 2.75) is 19.6 Å². The molecular weight excluding hydrogens is 404 g/mol. The number of carbonyl (C=O) groups is 1. The number of halogens is 2. The van der Waals surface area contributed by atoms with Crippen molar-refractivity contribution in [3.8, 4) is 11.5 Å². The Morgan fingerprint density at radius 2 is 1.97 bits per heavy atom. The zero-order chi connectivity index (χ0) is 22.2. The monoisotopic (exact) mass is 429 g/mol. The molecule has 8 heteroatoms. The third-order valence-corrected chi connectivity index (χ3v) is 4.74. The number of nitrogens with one attached hydrogen (secondary N) is 1. The number of aromatic nitrogens is 1. The Morgan fingerprint density at radius 1 is 1.16 bits per heavy atom. The number of amides is 1. The third-order valence-electron chi connectivity index (χ3n) is 4.74. The van der Waals surface area contributed by atoms with Crippen LogP contribution in [0, 0.1) is 0 Å². The molecule has 0 atom stereocenters. The molecule has 0 aliphatic heterocycles. The lowest BCUT2D eigenvalue weighted by Crippen LogP contribution is -2.35. The molecule has 1 aromatic heterocycles. The van der Waals surface area contributed by atoms with Crippen LogP contribution in [-0.4, -0.2) is 49.6 Å². The Labute approximate surface area is 179 Å². The zero-order valence-corrected chi connectivity index (χ0v) is 17.5. The van der Waals surface area contributed by atoms with E-state index in [0.717, 1.165) is 22.0 Å². The van der Waals surface area contributed by atoms with Gasteiger partial charge in [0.2, 0.25) is 5.91 Å². The van der Waals surface area contributed by atoms with Crippen molar-refractivity contribution in [2.24, 2.45) is 0 Å². The number of fused-ring (bicyclic) bond motifs is 1. The van der Waals surface area contributed by atoms with Gasteiger partial charge < -0.3 is 14.8 Å². The van der Waals surface area contributed by atoms with Gasteiger partial charge in [0.25, 0.3) is 0 Å². The highest BCUT2D eigenvalue weighted by Gasteiger charge is 2.13. The third kappa shape index (κ3) is 6.36. The molecule has 1 N–H and O–H groups in total. The van der Waals surface area contributed by atoms with Crippen LogP contribution in [-0.2, 0) is 17.8 Å². The second-order valence-corrected chi connectivity index (χ2v) is 7.13. The molecule has 2 aromatic carbocycles. The summed E-state index contributed by atoms with van der Waals surface area (Å²) in [7, 11) is 3.17. The summed E-state index contributed by atoms with van der Waals surface area (Å²) in [6, 6.07) is 14.7. The van der Waals surface area contributed by atoms with Gasteiger partial charge in [-0.25, -0.2) is 0 Å². The van der Waals surface area contributed by atoms with Crippen LogP contribution in [0.3, 0.4) is 0 Å². The summed E-state index contributed by atoms with van der Waals surface area (Å²) >= 11 is 0. The molecule has 0 bridgehead atoms. The first-order valence-corrected chi connectivity index (χ1v) is 9.86. The van der Waals surface area contributed by atoms with E-state index in [-0.39, 0.29) is 24.0 Å². The lowest BCUT2D eigenvalue weighted by molar-refractivity contribution is -0.122. The number of rotatable bonds is 10. The van der Waals surface area contributed by atoms with E-state index >= 15 is 0 Å². The number of alkyl halides is 2. The molecule has 3 aromatic rings. The first kappa shape index (κ1) is 22.4. The summed E-state index contributed by atoms with van der Waals surface area (Å²) in [5, 5.41) is 3.99. The molecule has 0 spiro atoms. The minimum Gasteiger partial charge on any atom is -0.493 e. The molecule has 3 rings (SSSR count). The Kier molecular flexibility index (Phi) is 7.72. The minimum atomic E-state index is -2.94. The van der Waals surface area contributed by atoms with E-state index < -0.39 is 6.61 Å². The van der Waals surface area contributed by atoms with Crippen molar-refractivity contribution >= 4 is 16.8 Å². The largest absolute Gasteiger partial charge is 0.493 e. The molecule has 164 valence electrons. The van der Waals surface area contributed by atoms with E-state index in [2.05, 4.69) is 15.0 Å². The predicted octanol–water partition coefficient (Wildman–Crippen LogP) is 3.64. The molecule has 0 saturated carbocycles. The molecule has 6 nitrogen and oxygen atoms in total. The fourth-order valence-electron chi connectivity index (χ4n) is 3.38. The zero-order valence-electron chi connectivity index (χ0n) is 17.5. The van der Waals surface area contributed by atoms with Gasteiger partial charge in [0.15, 0.2) is 11.5 Å². The smallest absolute Gasteiger partial charge is 0.387 e. The van der Waals surface area contributed by atoms with Gasteiger partial charge in [0.05, 0.1) is 19.2 Å². The van der Waals surface area contributed by atoms with Crippen LogP contribution in [0.15, 0.2) is 54.7 Å². The number of para-hydroxylation sites is 1. The number of methoxy groups -OCH3 is 1. The number of nitrogens with zero attached hydrogens (tertiary/aromatic N) is 2. The maximum Gasteiger partial charge on any atom is 0.387 e. The van der Waals surface area contributed by atoms with Crippen LogP contribution in [0.4, 0.5) is 8.78 Å². The van der Waals surface area contributed by atoms with Gasteiger partial charge in [0, 0.05) is 24.7 Å². The van der Waals surface area contributed by atoms with Crippen LogP contribution < -0.4 is 14.8 Å². The Hall–Kier alpha value is -3.26. The standard InChI is InChI=1S/C23H25F2N3O3/c1-28(14-16-8-9-19(30-2)20(13-16)31-23(24)25)15-21(29)26-12-10-18-6-3-5-17-7-4-11-27-22(17)18/h3-9,11,13,23H,10,12,14-15H2,1-2H3,(H,26,29). The van der Waals surface area contributed by atoms with Gasteiger partial charge in [0.1, 0.15) is 0 Å². The van der Waals surface area contributed by atoms with Gasteiger partial charge in [-0.1, -0.05) is 30.3 Å². The summed E-state index contributed by atoms with van der Waals surface area (Å²) in [5.41, 5.74) is 2.75. The second kappa shape index (κ2) is 10.7. The summed E-state index contributed by atoms with van der Waals surface area (Å²) in [4.78, 5) is 18.5. The van der Waals surface area contributed by atoms with Crippen LogP contribution in [0.2, 0.25) is 0 Å². The second-order valence-electron chi connectivity index (χ2n) is 7.13. The molecule has 0 unspecified atom stereocenters. The van der Waals surface area contributed by atoms with Crippen molar-refractivity contribution in [1.29, 1.82) is 0 Å². The normalized spacial score (nSPS) is 11.2. The van der Waals surface area contributed by atoms with Gasteiger partial charge in [-0.05, 0) is 42.8 Å². The van der Waals surface area contributed by atoms with Crippen molar-refractivity contribution in [3.63, 3.8) is 0 Å². The number of benzene rings is 2. The first-order valence-electron chi connectivity index (χ1n) is 9.86. The SMILES string of the molecule is COc1ccc(CN(C)CC(=O)NCCc2cccc3cccnc23)cc1OC(F)F. The molecule has 0 aliphatic carbocycles. The number of hydrogen-bond acceptors (Lipinski definition) is 5. The van der Waals surface area contributed by atoms with E-state index in [4.69, 9.17) is 4.74 Å². The highest BCUT2D eigenvalue weighted by Crippen LogP contribution is 2.29. The lowest BCUT2D eigenvalue weighted by Gasteiger charge is -2.18. The molecule has 0 fully saturated rings. The minimum absolute atomic E-state index is 0.0310. The number of ether oxygens (including phenoxy) is 2. The van der Waals surface area contributed by atoms with E-state index in [0.29, 0.717) is 19.5 Å². The quantitative estimate of drug-likeness (QED) is 0.533. The molecule has 1 heterocycles. The van der Waals surface area contributed by atoms with Gasteiger partial charge in [-0.3, -0.25) is 14.7 Å².